The second kappa shape index (κ2) is 4.24. The third kappa shape index (κ3) is 2.26. The summed E-state index contributed by atoms with van der Waals surface area (Å²) in [5.74, 6) is 1.58. The van der Waals surface area contributed by atoms with Crippen LogP contribution in [0.4, 0.5) is 0 Å². The lowest BCUT2D eigenvalue weighted by molar-refractivity contribution is -0.175. The normalized spacial score (nSPS) is 45.0. The highest BCUT2D eigenvalue weighted by Crippen LogP contribution is 2.48. The molecule has 0 spiro atoms. The highest BCUT2D eigenvalue weighted by molar-refractivity contribution is 4.95. The largest absolute Gasteiger partial charge is 0.349 e. The predicted octanol–water partition coefficient (Wildman–Crippen LogP) is 3.74. The summed E-state index contributed by atoms with van der Waals surface area (Å²) in [6.45, 7) is 6.90. The van der Waals surface area contributed by atoms with Crippen molar-refractivity contribution in [3.05, 3.63) is 0 Å². The number of hydrogen-bond donors (Lipinski definition) is 0. The van der Waals surface area contributed by atoms with E-state index < -0.39 is 0 Å². The van der Waals surface area contributed by atoms with Gasteiger partial charge in [-0.3, -0.25) is 0 Å². The number of rotatable bonds is 3. The fourth-order valence-electron chi connectivity index (χ4n) is 3.77. The summed E-state index contributed by atoms with van der Waals surface area (Å²) < 4.78 is 12.5. The maximum absolute atomic E-state index is 6.25. The Bertz CT molecular complexity index is 267. The van der Waals surface area contributed by atoms with Gasteiger partial charge in [-0.15, -0.1) is 0 Å². The third-order valence-electron chi connectivity index (χ3n) is 5.36. The molecule has 5 fully saturated rings. The van der Waals surface area contributed by atoms with Crippen LogP contribution in [0.1, 0.15) is 59.3 Å². The number of ether oxygens (including phenoxy) is 2. The van der Waals surface area contributed by atoms with Crippen LogP contribution in [0.15, 0.2) is 0 Å². The van der Waals surface area contributed by atoms with Gasteiger partial charge in [-0.05, 0) is 42.9 Å². The molecule has 5 rings (SSSR count). The molecule has 0 N–H and O–H groups in total. The molecule has 4 bridgehead atoms. The van der Waals surface area contributed by atoms with Crippen molar-refractivity contribution in [3.63, 3.8) is 0 Å². The van der Waals surface area contributed by atoms with Crippen molar-refractivity contribution in [2.75, 3.05) is 0 Å². The molecular weight excluding hydrogens is 212 g/mol. The SMILES string of the molecule is CCC(C)(C)CC1OC2CC3CCC2CC3O1. The van der Waals surface area contributed by atoms with Crippen LogP contribution in [-0.4, -0.2) is 18.5 Å². The molecule has 2 heteroatoms. The molecule has 4 unspecified atom stereocenters. The van der Waals surface area contributed by atoms with Gasteiger partial charge in [0.2, 0.25) is 0 Å². The maximum Gasteiger partial charge on any atom is 0.158 e. The summed E-state index contributed by atoms with van der Waals surface area (Å²) in [4.78, 5) is 0. The van der Waals surface area contributed by atoms with Gasteiger partial charge in [0.15, 0.2) is 6.29 Å². The maximum atomic E-state index is 6.25. The first-order valence-electron chi connectivity index (χ1n) is 7.38. The highest BCUT2D eigenvalue weighted by Gasteiger charge is 2.48. The molecule has 98 valence electrons. The van der Waals surface area contributed by atoms with Crippen molar-refractivity contribution < 1.29 is 9.47 Å². The molecule has 4 atom stereocenters. The van der Waals surface area contributed by atoms with E-state index in [1.54, 1.807) is 0 Å². The Balaban J connectivity index is 1.69. The molecule has 0 radical (unpaired) electrons. The summed E-state index contributed by atoms with van der Waals surface area (Å²) >= 11 is 0. The summed E-state index contributed by atoms with van der Waals surface area (Å²) in [6, 6.07) is 0. The fourth-order valence-corrected chi connectivity index (χ4v) is 3.77. The van der Waals surface area contributed by atoms with E-state index in [9.17, 15) is 0 Å². The molecule has 17 heavy (non-hydrogen) atoms. The van der Waals surface area contributed by atoms with E-state index in [4.69, 9.17) is 9.47 Å². The van der Waals surface area contributed by atoms with Crippen LogP contribution in [0.2, 0.25) is 0 Å². The van der Waals surface area contributed by atoms with Gasteiger partial charge in [0.25, 0.3) is 0 Å². The zero-order valence-corrected chi connectivity index (χ0v) is 11.4. The average molecular weight is 238 g/mol. The first-order valence-corrected chi connectivity index (χ1v) is 7.38. The minimum atomic E-state index is 0.0630. The van der Waals surface area contributed by atoms with Gasteiger partial charge in [0.05, 0.1) is 12.2 Å². The van der Waals surface area contributed by atoms with E-state index in [-0.39, 0.29) is 6.29 Å². The lowest BCUT2D eigenvalue weighted by Gasteiger charge is -2.42. The van der Waals surface area contributed by atoms with Crippen LogP contribution in [0, 0.1) is 17.3 Å². The second-order valence-corrected chi connectivity index (χ2v) is 7.07. The zero-order valence-electron chi connectivity index (χ0n) is 11.4. The Labute approximate surface area is 105 Å². The molecule has 5 aliphatic rings. The molecule has 0 aromatic heterocycles. The van der Waals surface area contributed by atoms with Crippen molar-refractivity contribution in [1.82, 2.24) is 0 Å². The number of hydrogen-bond acceptors (Lipinski definition) is 2. The summed E-state index contributed by atoms with van der Waals surface area (Å²) in [6.07, 6.45) is 8.59. The van der Waals surface area contributed by atoms with Crippen LogP contribution in [-0.2, 0) is 9.47 Å². The van der Waals surface area contributed by atoms with E-state index >= 15 is 0 Å². The van der Waals surface area contributed by atoms with Crippen molar-refractivity contribution in [3.8, 4) is 0 Å². The van der Waals surface area contributed by atoms with Gasteiger partial charge < -0.3 is 9.47 Å². The Hall–Kier alpha value is -0.0800. The smallest absolute Gasteiger partial charge is 0.158 e. The van der Waals surface area contributed by atoms with Crippen LogP contribution in [0.5, 0.6) is 0 Å². The molecule has 2 saturated heterocycles. The molecule has 2 nitrogen and oxygen atoms in total. The van der Waals surface area contributed by atoms with Crippen molar-refractivity contribution in [1.29, 1.82) is 0 Å². The standard InChI is InChI=1S/C15H26O2/c1-4-15(2,3)9-14-16-12-8-11-6-5-10(12)7-13(11)17-14/h10-14H,4-9H2,1-3H3. The minimum absolute atomic E-state index is 0.0630. The first kappa shape index (κ1) is 12.0. The van der Waals surface area contributed by atoms with E-state index in [2.05, 4.69) is 20.8 Å². The minimum Gasteiger partial charge on any atom is -0.349 e. The van der Waals surface area contributed by atoms with Crippen LogP contribution in [0.3, 0.4) is 0 Å². The quantitative estimate of drug-likeness (QED) is 0.745. The van der Waals surface area contributed by atoms with Gasteiger partial charge in [-0.2, -0.15) is 0 Å². The summed E-state index contributed by atoms with van der Waals surface area (Å²) in [5.41, 5.74) is 0.341. The number of fused-ring (bicyclic) bond motifs is 3. The summed E-state index contributed by atoms with van der Waals surface area (Å²) in [7, 11) is 0. The van der Waals surface area contributed by atoms with Gasteiger partial charge in [-0.1, -0.05) is 27.2 Å². The van der Waals surface area contributed by atoms with E-state index in [1.165, 1.54) is 32.1 Å². The Morgan fingerprint density at radius 3 is 1.94 bits per heavy atom. The third-order valence-corrected chi connectivity index (χ3v) is 5.36. The summed E-state index contributed by atoms with van der Waals surface area (Å²) in [5, 5.41) is 0. The molecule has 0 amide bonds. The lowest BCUT2D eigenvalue weighted by atomic mass is 9.67. The molecular formula is C15H26O2. The van der Waals surface area contributed by atoms with Crippen molar-refractivity contribution in [2.24, 2.45) is 17.3 Å². The second-order valence-electron chi connectivity index (χ2n) is 7.07. The molecule has 0 aromatic rings. The average Bonchev–Trinajstić information content (AvgIpc) is 2.53. The van der Waals surface area contributed by atoms with Gasteiger partial charge >= 0.3 is 0 Å². The Morgan fingerprint density at radius 2 is 1.53 bits per heavy atom. The molecule has 2 heterocycles. The van der Waals surface area contributed by atoms with Crippen molar-refractivity contribution >= 4 is 0 Å². The highest BCUT2D eigenvalue weighted by atomic mass is 16.7. The first-order chi connectivity index (χ1) is 8.07. The van der Waals surface area contributed by atoms with E-state index in [1.807, 2.05) is 0 Å². The molecule has 2 aliphatic heterocycles. The van der Waals surface area contributed by atoms with Gasteiger partial charge in [0.1, 0.15) is 0 Å². The van der Waals surface area contributed by atoms with Gasteiger partial charge in [0, 0.05) is 6.42 Å². The van der Waals surface area contributed by atoms with Crippen LogP contribution >= 0.6 is 0 Å². The lowest BCUT2D eigenvalue weighted by Crippen LogP contribution is -2.42. The van der Waals surface area contributed by atoms with Crippen LogP contribution < -0.4 is 0 Å². The van der Waals surface area contributed by atoms with E-state index in [0.29, 0.717) is 17.6 Å². The van der Waals surface area contributed by atoms with Gasteiger partial charge in [-0.25, -0.2) is 0 Å². The Morgan fingerprint density at radius 1 is 1.00 bits per heavy atom. The van der Waals surface area contributed by atoms with Crippen molar-refractivity contribution in [2.45, 2.75) is 77.8 Å². The van der Waals surface area contributed by atoms with Crippen LogP contribution in [0.25, 0.3) is 0 Å². The molecule has 3 saturated carbocycles. The van der Waals surface area contributed by atoms with E-state index in [0.717, 1.165) is 18.3 Å². The zero-order chi connectivity index (χ0) is 12.0. The topological polar surface area (TPSA) is 18.5 Å². The molecule has 0 aromatic carbocycles. The predicted molar refractivity (Wildman–Crippen MR) is 67.7 cm³/mol. The molecule has 3 aliphatic carbocycles. The monoisotopic (exact) mass is 238 g/mol. The fraction of sp³-hybridized carbons (Fsp3) is 1.00. The Kier molecular flexibility index (Phi) is 2.99.